The molecule has 1 N–H and O–H groups in total. The second kappa shape index (κ2) is 6.71. The summed E-state index contributed by atoms with van der Waals surface area (Å²) in [5.41, 5.74) is 1.42. The van der Waals surface area contributed by atoms with E-state index in [9.17, 15) is 14.7 Å². The van der Waals surface area contributed by atoms with Crippen LogP contribution in [0.3, 0.4) is 0 Å². The van der Waals surface area contributed by atoms with Gasteiger partial charge in [0.25, 0.3) is 0 Å². The highest BCUT2D eigenvalue weighted by atomic mass is 16.4. The van der Waals surface area contributed by atoms with Crippen LogP contribution < -0.4 is 0 Å². The van der Waals surface area contributed by atoms with Gasteiger partial charge in [0.05, 0.1) is 5.41 Å². The lowest BCUT2D eigenvalue weighted by molar-refractivity contribution is -0.154. The molecule has 0 aromatic heterocycles. The molecule has 126 valence electrons. The number of carboxylic acid groups (broad SMARTS) is 1. The summed E-state index contributed by atoms with van der Waals surface area (Å²) in [7, 11) is 3.79. The number of aryl methyl sites for hydroxylation is 1. The normalized spacial score (nSPS) is 18.7. The molecule has 0 radical (unpaired) electrons. The molecule has 1 aromatic rings. The molecule has 0 aliphatic carbocycles. The first kappa shape index (κ1) is 17.5. The van der Waals surface area contributed by atoms with E-state index in [0.717, 1.165) is 11.1 Å². The van der Waals surface area contributed by atoms with Crippen LogP contribution in [0.4, 0.5) is 0 Å². The van der Waals surface area contributed by atoms with E-state index >= 15 is 0 Å². The number of carbonyl (C=O) groups excluding carboxylic acids is 1. The Morgan fingerprint density at radius 1 is 1.17 bits per heavy atom. The smallest absolute Gasteiger partial charge is 0.309 e. The minimum absolute atomic E-state index is 0.0475. The molecule has 1 saturated heterocycles. The number of piperidine rings is 1. The van der Waals surface area contributed by atoms with Gasteiger partial charge in [-0.3, -0.25) is 14.5 Å². The standard InChI is InChI=1S/C18H26N2O3/c1-13-5-7-14(8-6-13)15(19(3)4)16(21)20-11-9-18(2,10-12-20)17(22)23/h5-8,15H,9-12H2,1-4H3,(H,22,23)/t15-/m0/s1. The van der Waals surface area contributed by atoms with E-state index in [2.05, 4.69) is 0 Å². The first-order valence-electron chi connectivity index (χ1n) is 8.00. The van der Waals surface area contributed by atoms with Crippen molar-refractivity contribution < 1.29 is 14.7 Å². The fourth-order valence-electron chi connectivity index (χ4n) is 3.02. The van der Waals surface area contributed by atoms with E-state index in [1.165, 1.54) is 0 Å². The Morgan fingerprint density at radius 2 is 1.70 bits per heavy atom. The molecule has 1 aliphatic rings. The molecule has 5 nitrogen and oxygen atoms in total. The second-order valence-corrected chi connectivity index (χ2v) is 6.97. The van der Waals surface area contributed by atoms with Gasteiger partial charge in [0.15, 0.2) is 0 Å². The van der Waals surface area contributed by atoms with Gasteiger partial charge in [-0.25, -0.2) is 0 Å². The van der Waals surface area contributed by atoms with Crippen LogP contribution in [0.15, 0.2) is 24.3 Å². The Labute approximate surface area is 137 Å². The van der Waals surface area contributed by atoms with E-state index in [0.29, 0.717) is 25.9 Å². The first-order valence-corrected chi connectivity index (χ1v) is 8.00. The van der Waals surface area contributed by atoms with Crippen molar-refractivity contribution in [3.8, 4) is 0 Å². The molecular weight excluding hydrogens is 292 g/mol. The van der Waals surface area contributed by atoms with Crippen LogP contribution in [-0.4, -0.2) is 54.0 Å². The summed E-state index contributed by atoms with van der Waals surface area (Å²) in [6.45, 7) is 4.78. The number of amides is 1. The van der Waals surface area contributed by atoms with Gasteiger partial charge >= 0.3 is 5.97 Å². The Balaban J connectivity index is 2.14. The number of likely N-dealkylation sites (N-methyl/N-ethyl adjacent to an activating group) is 1. The Morgan fingerprint density at radius 3 is 2.13 bits per heavy atom. The van der Waals surface area contributed by atoms with E-state index in [4.69, 9.17) is 0 Å². The molecule has 1 amide bonds. The van der Waals surface area contributed by atoms with Crippen molar-refractivity contribution in [3.05, 3.63) is 35.4 Å². The highest BCUT2D eigenvalue weighted by Crippen LogP contribution is 2.32. The summed E-state index contributed by atoms with van der Waals surface area (Å²) < 4.78 is 0. The van der Waals surface area contributed by atoms with Crippen LogP contribution in [-0.2, 0) is 9.59 Å². The molecule has 23 heavy (non-hydrogen) atoms. The highest BCUT2D eigenvalue weighted by molar-refractivity contribution is 5.84. The summed E-state index contributed by atoms with van der Waals surface area (Å²) in [5.74, 6) is -0.724. The third-order valence-corrected chi connectivity index (χ3v) is 4.84. The zero-order valence-corrected chi connectivity index (χ0v) is 14.4. The van der Waals surface area contributed by atoms with Crippen LogP contribution >= 0.6 is 0 Å². The summed E-state index contributed by atoms with van der Waals surface area (Å²) in [6, 6.07) is 7.67. The lowest BCUT2D eigenvalue weighted by atomic mass is 9.80. The molecule has 1 heterocycles. The summed E-state index contributed by atoms with van der Waals surface area (Å²) >= 11 is 0. The quantitative estimate of drug-likeness (QED) is 0.925. The number of carbonyl (C=O) groups is 2. The van der Waals surface area contributed by atoms with E-state index in [1.54, 1.807) is 11.8 Å². The van der Waals surface area contributed by atoms with Crippen LogP contribution in [0.25, 0.3) is 0 Å². The maximum absolute atomic E-state index is 12.9. The number of likely N-dealkylation sites (tertiary alicyclic amines) is 1. The number of nitrogens with zero attached hydrogens (tertiary/aromatic N) is 2. The molecule has 1 fully saturated rings. The molecule has 0 saturated carbocycles. The van der Waals surface area contributed by atoms with Crippen molar-refractivity contribution in [1.82, 2.24) is 9.80 Å². The molecular formula is C18H26N2O3. The molecule has 2 rings (SSSR count). The predicted octanol–water partition coefficient (Wildman–Crippen LogP) is 2.31. The third-order valence-electron chi connectivity index (χ3n) is 4.84. The van der Waals surface area contributed by atoms with Crippen molar-refractivity contribution in [2.45, 2.75) is 32.7 Å². The Kier molecular flexibility index (Phi) is 5.09. The van der Waals surface area contributed by atoms with Gasteiger partial charge in [0.1, 0.15) is 6.04 Å². The molecule has 0 bridgehead atoms. The average Bonchev–Trinajstić information content (AvgIpc) is 2.49. The lowest BCUT2D eigenvalue weighted by Crippen LogP contribution is -2.48. The summed E-state index contributed by atoms with van der Waals surface area (Å²) in [6.07, 6.45) is 1.00. The molecule has 0 spiro atoms. The largest absolute Gasteiger partial charge is 0.481 e. The lowest BCUT2D eigenvalue weighted by Gasteiger charge is -2.39. The van der Waals surface area contributed by atoms with Crippen LogP contribution in [0.5, 0.6) is 0 Å². The number of carboxylic acids is 1. The van der Waals surface area contributed by atoms with Gasteiger partial charge in [-0.2, -0.15) is 0 Å². The Hall–Kier alpha value is -1.88. The fourth-order valence-corrected chi connectivity index (χ4v) is 3.02. The monoisotopic (exact) mass is 318 g/mol. The van der Waals surface area contributed by atoms with Crippen LogP contribution in [0.2, 0.25) is 0 Å². The van der Waals surface area contributed by atoms with E-state index < -0.39 is 11.4 Å². The average molecular weight is 318 g/mol. The maximum Gasteiger partial charge on any atom is 0.309 e. The van der Waals surface area contributed by atoms with E-state index in [1.807, 2.05) is 50.2 Å². The van der Waals surface area contributed by atoms with Gasteiger partial charge in [0, 0.05) is 13.1 Å². The van der Waals surface area contributed by atoms with Gasteiger partial charge in [-0.15, -0.1) is 0 Å². The van der Waals surface area contributed by atoms with E-state index in [-0.39, 0.29) is 11.9 Å². The van der Waals surface area contributed by atoms with Gasteiger partial charge < -0.3 is 10.0 Å². The van der Waals surface area contributed by atoms with Crippen molar-refractivity contribution in [3.63, 3.8) is 0 Å². The first-order chi connectivity index (χ1) is 10.7. The zero-order valence-electron chi connectivity index (χ0n) is 14.4. The van der Waals surface area contributed by atoms with Gasteiger partial charge in [-0.05, 0) is 46.3 Å². The number of benzene rings is 1. The number of hydrogen-bond acceptors (Lipinski definition) is 3. The zero-order chi connectivity index (χ0) is 17.2. The van der Waals surface area contributed by atoms with Crippen molar-refractivity contribution in [1.29, 1.82) is 0 Å². The predicted molar refractivity (Wildman–Crippen MR) is 89.2 cm³/mol. The summed E-state index contributed by atoms with van der Waals surface area (Å²) in [5, 5.41) is 9.31. The number of hydrogen-bond donors (Lipinski definition) is 1. The minimum atomic E-state index is -0.771. The fraction of sp³-hybridized carbons (Fsp3) is 0.556. The highest BCUT2D eigenvalue weighted by Gasteiger charge is 2.39. The minimum Gasteiger partial charge on any atom is -0.481 e. The van der Waals surface area contributed by atoms with Crippen LogP contribution in [0, 0.1) is 12.3 Å². The Bertz CT molecular complexity index is 572. The molecule has 1 aliphatic heterocycles. The summed E-state index contributed by atoms with van der Waals surface area (Å²) in [4.78, 5) is 28.0. The van der Waals surface area contributed by atoms with Crippen molar-refractivity contribution >= 4 is 11.9 Å². The maximum atomic E-state index is 12.9. The second-order valence-electron chi connectivity index (χ2n) is 6.97. The van der Waals surface area contributed by atoms with Gasteiger partial charge in [0.2, 0.25) is 5.91 Å². The molecule has 1 aromatic carbocycles. The molecule has 0 unspecified atom stereocenters. The topological polar surface area (TPSA) is 60.9 Å². The van der Waals surface area contributed by atoms with Crippen LogP contribution in [0.1, 0.15) is 36.9 Å². The van der Waals surface area contributed by atoms with Crippen molar-refractivity contribution in [2.75, 3.05) is 27.2 Å². The number of aliphatic carboxylic acids is 1. The number of rotatable bonds is 4. The van der Waals surface area contributed by atoms with Crippen molar-refractivity contribution in [2.24, 2.45) is 5.41 Å². The molecule has 5 heteroatoms. The van der Waals surface area contributed by atoms with Gasteiger partial charge in [-0.1, -0.05) is 29.8 Å². The third kappa shape index (κ3) is 3.72. The SMILES string of the molecule is Cc1ccc([C@@H](C(=O)N2CCC(C)(C(=O)O)CC2)N(C)C)cc1. The molecule has 1 atom stereocenters.